The van der Waals surface area contributed by atoms with E-state index >= 15 is 0 Å². The fourth-order valence-electron chi connectivity index (χ4n) is 2.01. The molecule has 1 heterocycles. The molecule has 1 aliphatic rings. The predicted molar refractivity (Wildman–Crippen MR) is 56.2 cm³/mol. The molecule has 0 amide bonds. The van der Waals surface area contributed by atoms with E-state index in [1.54, 1.807) is 0 Å². The van der Waals surface area contributed by atoms with Gasteiger partial charge in [0.1, 0.15) is 0 Å². The van der Waals surface area contributed by atoms with Gasteiger partial charge in [-0.15, -0.1) is 6.42 Å². The van der Waals surface area contributed by atoms with Crippen molar-refractivity contribution in [3.05, 3.63) is 0 Å². The summed E-state index contributed by atoms with van der Waals surface area (Å²) in [5.74, 6) is 3.48. The Kier molecular flexibility index (Phi) is 3.77. The maximum Gasteiger partial charge on any atom is 0.0709 e. The van der Waals surface area contributed by atoms with Crippen molar-refractivity contribution in [2.24, 2.45) is 11.7 Å². The zero-order chi connectivity index (χ0) is 9.84. The van der Waals surface area contributed by atoms with Gasteiger partial charge in [-0.3, -0.25) is 4.90 Å². The molecule has 13 heavy (non-hydrogen) atoms. The van der Waals surface area contributed by atoms with Gasteiger partial charge in [0.15, 0.2) is 0 Å². The molecule has 2 heteroatoms. The minimum atomic E-state index is 0.306. The normalized spacial score (nSPS) is 28.3. The Morgan fingerprint density at radius 1 is 1.69 bits per heavy atom. The van der Waals surface area contributed by atoms with E-state index in [9.17, 15) is 0 Å². The number of nitrogens with two attached hydrogens (primary N) is 1. The van der Waals surface area contributed by atoms with Crippen LogP contribution in [0.15, 0.2) is 0 Å². The largest absolute Gasteiger partial charge is 0.328 e. The zero-order valence-electron chi connectivity index (χ0n) is 8.66. The Bertz CT molecular complexity index is 193. The molecule has 1 rings (SSSR count). The molecule has 1 aliphatic heterocycles. The van der Waals surface area contributed by atoms with E-state index in [4.69, 9.17) is 12.2 Å². The fourth-order valence-corrected chi connectivity index (χ4v) is 2.01. The Balaban J connectivity index is 2.45. The lowest BCUT2D eigenvalue weighted by molar-refractivity contribution is 0.269. The number of hydrogen-bond donors (Lipinski definition) is 1. The Labute approximate surface area is 81.5 Å². The summed E-state index contributed by atoms with van der Waals surface area (Å²) in [4.78, 5) is 2.38. The zero-order valence-corrected chi connectivity index (χ0v) is 8.66. The van der Waals surface area contributed by atoms with Crippen LogP contribution in [0.1, 0.15) is 26.7 Å². The second-order valence-corrected chi connectivity index (χ2v) is 3.99. The van der Waals surface area contributed by atoms with E-state index in [1.807, 2.05) is 0 Å². The fraction of sp³-hybridized carbons (Fsp3) is 0.818. The summed E-state index contributed by atoms with van der Waals surface area (Å²) in [6.45, 7) is 6.43. The van der Waals surface area contributed by atoms with Crippen LogP contribution >= 0.6 is 0 Å². The van der Waals surface area contributed by atoms with Crippen molar-refractivity contribution >= 4 is 0 Å². The summed E-state index contributed by atoms with van der Waals surface area (Å²) in [5, 5.41) is 0. The Hall–Kier alpha value is -0.520. The number of likely N-dealkylation sites (tertiary alicyclic amines) is 1. The molecule has 0 spiro atoms. The molecule has 0 saturated carbocycles. The number of rotatable bonds is 3. The van der Waals surface area contributed by atoms with E-state index < -0.39 is 0 Å². The van der Waals surface area contributed by atoms with Crippen molar-refractivity contribution < 1.29 is 0 Å². The van der Waals surface area contributed by atoms with Crippen molar-refractivity contribution in [2.45, 2.75) is 38.8 Å². The smallest absolute Gasteiger partial charge is 0.0709 e. The van der Waals surface area contributed by atoms with Crippen LogP contribution < -0.4 is 5.73 Å². The van der Waals surface area contributed by atoms with Crippen LogP contribution in [0.3, 0.4) is 0 Å². The molecule has 0 bridgehead atoms. The quantitative estimate of drug-likeness (QED) is 0.658. The predicted octanol–water partition coefficient (Wildman–Crippen LogP) is 1.07. The summed E-state index contributed by atoms with van der Waals surface area (Å²) in [6.07, 6.45) is 7.71. The first-order chi connectivity index (χ1) is 6.19. The number of hydrogen-bond acceptors (Lipinski definition) is 2. The van der Waals surface area contributed by atoms with Crippen LogP contribution in [-0.2, 0) is 0 Å². The molecule has 1 fully saturated rings. The first-order valence-electron chi connectivity index (χ1n) is 5.14. The summed E-state index contributed by atoms with van der Waals surface area (Å²) in [5.41, 5.74) is 5.86. The van der Waals surface area contributed by atoms with E-state index in [0.717, 1.165) is 19.5 Å². The molecule has 0 radical (unpaired) electrons. The third-order valence-electron chi connectivity index (χ3n) is 3.02. The van der Waals surface area contributed by atoms with Gasteiger partial charge in [-0.2, -0.15) is 0 Å². The summed E-state index contributed by atoms with van der Waals surface area (Å²) < 4.78 is 0. The Morgan fingerprint density at radius 2 is 2.38 bits per heavy atom. The lowest BCUT2D eigenvalue weighted by Gasteiger charge is -2.22. The second-order valence-electron chi connectivity index (χ2n) is 3.99. The monoisotopic (exact) mass is 180 g/mol. The van der Waals surface area contributed by atoms with Gasteiger partial charge >= 0.3 is 0 Å². The van der Waals surface area contributed by atoms with Crippen molar-refractivity contribution in [2.75, 3.05) is 13.1 Å². The maximum absolute atomic E-state index is 5.86. The van der Waals surface area contributed by atoms with Gasteiger partial charge < -0.3 is 5.73 Å². The van der Waals surface area contributed by atoms with Crippen molar-refractivity contribution in [1.29, 1.82) is 0 Å². The highest BCUT2D eigenvalue weighted by Crippen LogP contribution is 2.21. The van der Waals surface area contributed by atoms with Crippen LogP contribution in [0.2, 0.25) is 0 Å². The molecule has 0 aromatic heterocycles. The van der Waals surface area contributed by atoms with Crippen molar-refractivity contribution in [3.8, 4) is 12.3 Å². The highest BCUT2D eigenvalue weighted by Gasteiger charge is 2.28. The third kappa shape index (κ3) is 2.46. The molecule has 2 nitrogen and oxygen atoms in total. The third-order valence-corrected chi connectivity index (χ3v) is 3.02. The molecule has 0 aromatic carbocycles. The topological polar surface area (TPSA) is 29.3 Å². The van der Waals surface area contributed by atoms with Gasteiger partial charge in [-0.05, 0) is 32.2 Å². The highest BCUT2D eigenvalue weighted by atomic mass is 15.2. The van der Waals surface area contributed by atoms with Gasteiger partial charge in [0.05, 0.1) is 6.04 Å². The van der Waals surface area contributed by atoms with E-state index in [0.29, 0.717) is 18.0 Å². The maximum atomic E-state index is 5.86. The lowest BCUT2D eigenvalue weighted by atomic mass is 10.0. The molecular formula is C11H20N2. The van der Waals surface area contributed by atoms with E-state index in [-0.39, 0.29) is 0 Å². The molecule has 1 saturated heterocycles. The minimum absolute atomic E-state index is 0.306. The highest BCUT2D eigenvalue weighted by molar-refractivity contribution is 5.01. The van der Waals surface area contributed by atoms with Crippen molar-refractivity contribution in [1.82, 2.24) is 4.90 Å². The van der Waals surface area contributed by atoms with Crippen LogP contribution in [0.25, 0.3) is 0 Å². The van der Waals surface area contributed by atoms with Gasteiger partial charge in [0.25, 0.3) is 0 Å². The number of terminal acetylenes is 1. The van der Waals surface area contributed by atoms with Crippen LogP contribution in [0.5, 0.6) is 0 Å². The lowest BCUT2D eigenvalue weighted by Crippen LogP contribution is -2.34. The SMILES string of the molecule is C#CC(CC)N1CCC(C(C)N)C1. The molecule has 0 aliphatic carbocycles. The summed E-state index contributed by atoms with van der Waals surface area (Å²) in [7, 11) is 0. The van der Waals surface area contributed by atoms with Crippen molar-refractivity contribution in [3.63, 3.8) is 0 Å². The van der Waals surface area contributed by atoms with Crippen LogP contribution in [-0.4, -0.2) is 30.1 Å². The van der Waals surface area contributed by atoms with Gasteiger partial charge in [0.2, 0.25) is 0 Å². The van der Waals surface area contributed by atoms with Gasteiger partial charge in [-0.1, -0.05) is 12.8 Å². The van der Waals surface area contributed by atoms with Crippen LogP contribution in [0.4, 0.5) is 0 Å². The van der Waals surface area contributed by atoms with Gasteiger partial charge in [0, 0.05) is 12.6 Å². The Morgan fingerprint density at radius 3 is 2.77 bits per heavy atom. The summed E-state index contributed by atoms with van der Waals surface area (Å²) >= 11 is 0. The van der Waals surface area contributed by atoms with E-state index in [2.05, 4.69) is 24.7 Å². The standard InChI is InChI=1S/C11H20N2/c1-4-11(5-2)13-7-6-10(8-13)9(3)12/h1,9-11H,5-8,12H2,2-3H3. The molecular weight excluding hydrogens is 160 g/mol. The van der Waals surface area contributed by atoms with Gasteiger partial charge in [-0.25, -0.2) is 0 Å². The summed E-state index contributed by atoms with van der Waals surface area (Å²) in [6, 6.07) is 0.629. The average molecular weight is 180 g/mol. The molecule has 0 aromatic rings. The average Bonchev–Trinajstić information content (AvgIpc) is 2.56. The molecule has 2 N–H and O–H groups in total. The first kappa shape index (κ1) is 10.6. The van der Waals surface area contributed by atoms with Crippen LogP contribution in [0, 0.1) is 18.3 Å². The molecule has 74 valence electrons. The molecule has 3 unspecified atom stereocenters. The van der Waals surface area contributed by atoms with E-state index in [1.165, 1.54) is 6.42 Å². The minimum Gasteiger partial charge on any atom is -0.328 e. The molecule has 3 atom stereocenters. The number of nitrogens with zero attached hydrogens (tertiary/aromatic N) is 1. The first-order valence-corrected chi connectivity index (χ1v) is 5.14. The second kappa shape index (κ2) is 4.64.